The molecule has 0 bridgehead atoms. The molecule has 0 saturated carbocycles. The summed E-state index contributed by atoms with van der Waals surface area (Å²) in [6, 6.07) is 8.88. The van der Waals surface area contributed by atoms with Crippen LogP contribution in [0.3, 0.4) is 0 Å². The van der Waals surface area contributed by atoms with E-state index in [1.807, 2.05) is 28.9 Å². The van der Waals surface area contributed by atoms with Crippen molar-refractivity contribution in [2.24, 2.45) is 0 Å². The van der Waals surface area contributed by atoms with Crippen LogP contribution in [0.1, 0.15) is 25.1 Å². The maximum atomic E-state index is 5.95. The Morgan fingerprint density at radius 3 is 2.73 bits per heavy atom. The lowest BCUT2D eigenvalue weighted by Crippen LogP contribution is -2.53. The first-order chi connectivity index (χ1) is 10.5. The first kappa shape index (κ1) is 15.5. The van der Waals surface area contributed by atoms with Crippen LogP contribution >= 0.6 is 11.6 Å². The summed E-state index contributed by atoms with van der Waals surface area (Å²) < 4.78 is 1.94. The van der Waals surface area contributed by atoms with Crippen molar-refractivity contribution in [3.05, 3.63) is 46.7 Å². The first-order valence-electron chi connectivity index (χ1n) is 7.81. The van der Waals surface area contributed by atoms with Crippen molar-refractivity contribution in [1.29, 1.82) is 0 Å². The minimum atomic E-state index is 0.544. The van der Waals surface area contributed by atoms with Gasteiger partial charge in [-0.15, -0.1) is 0 Å². The zero-order chi connectivity index (χ0) is 15.7. The molecule has 1 aliphatic rings. The fourth-order valence-corrected chi connectivity index (χ4v) is 3.04. The van der Waals surface area contributed by atoms with Crippen LogP contribution in [-0.2, 0) is 6.54 Å². The molecule has 4 nitrogen and oxygen atoms in total. The SMILES string of the molecule is Cc1nn(-c2ccc(Cl)cc2)cc1CN1CC(C)NCC1C. The van der Waals surface area contributed by atoms with E-state index in [4.69, 9.17) is 11.6 Å². The van der Waals surface area contributed by atoms with Crippen LogP contribution in [0.4, 0.5) is 0 Å². The molecule has 1 fully saturated rings. The fourth-order valence-electron chi connectivity index (χ4n) is 2.91. The van der Waals surface area contributed by atoms with Crippen LogP contribution in [0, 0.1) is 6.92 Å². The molecular formula is C17H23ClN4. The average Bonchev–Trinajstić information content (AvgIpc) is 2.85. The van der Waals surface area contributed by atoms with E-state index in [1.165, 1.54) is 5.56 Å². The van der Waals surface area contributed by atoms with E-state index >= 15 is 0 Å². The highest BCUT2D eigenvalue weighted by Crippen LogP contribution is 2.18. The number of halogens is 1. The van der Waals surface area contributed by atoms with Crippen LogP contribution in [0.15, 0.2) is 30.5 Å². The summed E-state index contributed by atoms with van der Waals surface area (Å²) in [4.78, 5) is 2.53. The monoisotopic (exact) mass is 318 g/mol. The molecule has 2 unspecified atom stereocenters. The predicted molar refractivity (Wildman–Crippen MR) is 90.6 cm³/mol. The van der Waals surface area contributed by atoms with Crippen molar-refractivity contribution in [3.8, 4) is 5.69 Å². The zero-order valence-electron chi connectivity index (χ0n) is 13.4. The number of aromatic nitrogens is 2. The van der Waals surface area contributed by atoms with Crippen LogP contribution in [0.2, 0.25) is 5.02 Å². The predicted octanol–water partition coefficient (Wildman–Crippen LogP) is 3.02. The van der Waals surface area contributed by atoms with Gasteiger partial charge in [0.1, 0.15) is 0 Å². The van der Waals surface area contributed by atoms with Gasteiger partial charge in [0.2, 0.25) is 0 Å². The van der Waals surface area contributed by atoms with Crippen LogP contribution in [0.5, 0.6) is 0 Å². The van der Waals surface area contributed by atoms with Gasteiger partial charge in [0.05, 0.1) is 11.4 Å². The number of piperazine rings is 1. The second kappa shape index (κ2) is 6.41. The molecule has 1 N–H and O–H groups in total. The van der Waals surface area contributed by atoms with Gasteiger partial charge < -0.3 is 5.32 Å². The van der Waals surface area contributed by atoms with E-state index in [0.29, 0.717) is 12.1 Å². The maximum absolute atomic E-state index is 5.95. The first-order valence-corrected chi connectivity index (χ1v) is 8.19. The molecule has 2 atom stereocenters. The molecule has 118 valence electrons. The molecule has 2 aromatic rings. The Hall–Kier alpha value is -1.36. The summed E-state index contributed by atoms with van der Waals surface area (Å²) in [5, 5.41) is 8.92. The van der Waals surface area contributed by atoms with E-state index < -0.39 is 0 Å². The van der Waals surface area contributed by atoms with E-state index in [1.54, 1.807) is 0 Å². The van der Waals surface area contributed by atoms with Crippen molar-refractivity contribution in [3.63, 3.8) is 0 Å². The number of benzene rings is 1. The number of nitrogens with one attached hydrogen (secondary N) is 1. The van der Waals surface area contributed by atoms with E-state index in [9.17, 15) is 0 Å². The van der Waals surface area contributed by atoms with Gasteiger partial charge in [-0.2, -0.15) is 5.10 Å². The van der Waals surface area contributed by atoms with Gasteiger partial charge in [-0.25, -0.2) is 4.68 Å². The molecule has 22 heavy (non-hydrogen) atoms. The van der Waals surface area contributed by atoms with Gasteiger partial charge >= 0.3 is 0 Å². The Morgan fingerprint density at radius 1 is 1.27 bits per heavy atom. The van der Waals surface area contributed by atoms with Gasteiger partial charge in [-0.1, -0.05) is 11.6 Å². The quantitative estimate of drug-likeness (QED) is 0.944. The molecule has 1 aliphatic heterocycles. The fraction of sp³-hybridized carbons (Fsp3) is 0.471. The van der Waals surface area contributed by atoms with Crippen molar-refractivity contribution in [1.82, 2.24) is 20.0 Å². The van der Waals surface area contributed by atoms with E-state index in [-0.39, 0.29) is 0 Å². The smallest absolute Gasteiger partial charge is 0.0646 e. The minimum absolute atomic E-state index is 0.544. The van der Waals surface area contributed by atoms with Gasteiger partial charge in [0, 0.05) is 48.5 Å². The van der Waals surface area contributed by atoms with Crippen molar-refractivity contribution in [2.75, 3.05) is 13.1 Å². The maximum Gasteiger partial charge on any atom is 0.0646 e. The van der Waals surface area contributed by atoms with Crippen LogP contribution < -0.4 is 5.32 Å². The molecule has 2 heterocycles. The molecule has 1 aromatic carbocycles. The summed E-state index contributed by atoms with van der Waals surface area (Å²) in [5.41, 5.74) is 3.42. The second-order valence-electron chi connectivity index (χ2n) is 6.25. The van der Waals surface area contributed by atoms with Crippen molar-refractivity contribution >= 4 is 11.6 Å². The van der Waals surface area contributed by atoms with Crippen molar-refractivity contribution in [2.45, 2.75) is 39.4 Å². The number of aryl methyl sites for hydroxylation is 1. The largest absolute Gasteiger partial charge is 0.311 e. The third-order valence-corrected chi connectivity index (χ3v) is 4.61. The Bertz CT molecular complexity index is 635. The number of hydrogen-bond acceptors (Lipinski definition) is 3. The number of nitrogens with zero attached hydrogens (tertiary/aromatic N) is 3. The molecule has 1 aromatic heterocycles. The molecule has 1 saturated heterocycles. The van der Waals surface area contributed by atoms with Crippen molar-refractivity contribution < 1.29 is 0 Å². The minimum Gasteiger partial charge on any atom is -0.311 e. The van der Waals surface area contributed by atoms with E-state index in [0.717, 1.165) is 36.0 Å². The lowest BCUT2D eigenvalue weighted by atomic mass is 10.1. The standard InChI is InChI=1S/C17H23ClN4/c1-12-9-21(13(2)8-19-12)10-15-11-22(20-14(15)3)17-6-4-16(18)5-7-17/h4-7,11-13,19H,8-10H2,1-3H3. The lowest BCUT2D eigenvalue weighted by Gasteiger charge is -2.37. The third kappa shape index (κ3) is 3.35. The second-order valence-corrected chi connectivity index (χ2v) is 6.68. The molecular weight excluding hydrogens is 296 g/mol. The average molecular weight is 319 g/mol. The lowest BCUT2D eigenvalue weighted by molar-refractivity contribution is 0.138. The summed E-state index contributed by atoms with van der Waals surface area (Å²) in [5.74, 6) is 0. The highest BCUT2D eigenvalue weighted by Gasteiger charge is 2.23. The number of rotatable bonds is 3. The van der Waals surface area contributed by atoms with Gasteiger partial charge in [0.15, 0.2) is 0 Å². The number of hydrogen-bond donors (Lipinski definition) is 1. The Kier molecular flexibility index (Phi) is 4.52. The highest BCUT2D eigenvalue weighted by atomic mass is 35.5. The van der Waals surface area contributed by atoms with Crippen LogP contribution in [-0.4, -0.2) is 39.9 Å². The Labute approximate surface area is 137 Å². The van der Waals surface area contributed by atoms with E-state index in [2.05, 4.69) is 42.3 Å². The molecule has 0 radical (unpaired) electrons. The third-order valence-electron chi connectivity index (χ3n) is 4.36. The summed E-state index contributed by atoms with van der Waals surface area (Å²) in [6.07, 6.45) is 2.14. The Morgan fingerprint density at radius 2 is 2.00 bits per heavy atom. The van der Waals surface area contributed by atoms with Gasteiger partial charge in [-0.05, 0) is 45.0 Å². The van der Waals surface area contributed by atoms with Gasteiger partial charge in [-0.3, -0.25) is 4.90 Å². The topological polar surface area (TPSA) is 33.1 Å². The van der Waals surface area contributed by atoms with Gasteiger partial charge in [0.25, 0.3) is 0 Å². The molecule has 0 spiro atoms. The summed E-state index contributed by atoms with van der Waals surface area (Å²) in [6.45, 7) is 9.67. The molecule has 5 heteroatoms. The molecule has 3 rings (SSSR count). The molecule has 0 amide bonds. The highest BCUT2D eigenvalue weighted by molar-refractivity contribution is 6.30. The molecule has 0 aliphatic carbocycles. The zero-order valence-corrected chi connectivity index (χ0v) is 14.1. The van der Waals surface area contributed by atoms with Crippen LogP contribution in [0.25, 0.3) is 5.69 Å². The summed E-state index contributed by atoms with van der Waals surface area (Å²) in [7, 11) is 0. The normalized spacial score (nSPS) is 22.9. The Balaban J connectivity index is 1.79. The summed E-state index contributed by atoms with van der Waals surface area (Å²) >= 11 is 5.95.